The molecule has 8 heteroatoms. The molecule has 1 aliphatic carbocycles. The third-order valence-corrected chi connectivity index (χ3v) is 4.17. The average molecular weight is 353 g/mol. The molecular formula is C16H20NO6P. The SMILES string of the molecule is O=P(O)(O)N=C1C=CC=C(O)C1C(O)CCCc1cccc(O)c1. The third-order valence-electron chi connectivity index (χ3n) is 3.68. The van der Waals surface area contributed by atoms with E-state index < -0.39 is 19.8 Å². The molecular weight excluding hydrogens is 333 g/mol. The molecule has 0 saturated carbocycles. The standard InChI is InChI=1S/C16H20NO6P/c18-12-6-1-4-11(10-12)5-2-8-14(19)16-13(17-24(21,22)23)7-3-9-15(16)20/h1,3-4,6-7,9-10,14,16,18-20H,2,5,8H2,(H2,21,22,23). The Morgan fingerprint density at radius 2 is 2.00 bits per heavy atom. The third kappa shape index (κ3) is 5.32. The van der Waals surface area contributed by atoms with Crippen molar-refractivity contribution in [3.63, 3.8) is 0 Å². The van der Waals surface area contributed by atoms with Crippen LogP contribution in [-0.4, -0.2) is 36.9 Å². The zero-order chi connectivity index (χ0) is 17.7. The normalized spacial score (nSPS) is 20.9. The molecule has 5 N–H and O–H groups in total. The molecule has 0 aliphatic heterocycles. The summed E-state index contributed by atoms with van der Waals surface area (Å²) in [7, 11) is -4.66. The molecule has 2 rings (SSSR count). The van der Waals surface area contributed by atoms with Crippen LogP contribution in [0.1, 0.15) is 18.4 Å². The first-order valence-electron chi connectivity index (χ1n) is 7.45. The number of benzene rings is 1. The van der Waals surface area contributed by atoms with Gasteiger partial charge >= 0.3 is 7.75 Å². The Hall–Kier alpha value is -1.92. The first-order valence-corrected chi connectivity index (χ1v) is 9.01. The van der Waals surface area contributed by atoms with E-state index in [9.17, 15) is 19.9 Å². The minimum absolute atomic E-state index is 0.0480. The fourth-order valence-electron chi connectivity index (χ4n) is 2.64. The average Bonchev–Trinajstić information content (AvgIpc) is 2.45. The van der Waals surface area contributed by atoms with Crippen LogP contribution in [0.2, 0.25) is 0 Å². The molecule has 130 valence electrons. The lowest BCUT2D eigenvalue weighted by Gasteiger charge is -2.24. The fourth-order valence-corrected chi connectivity index (χ4v) is 3.13. The molecule has 0 saturated heterocycles. The van der Waals surface area contributed by atoms with Crippen LogP contribution in [0.5, 0.6) is 5.75 Å². The Kier molecular flexibility index (Phi) is 5.96. The summed E-state index contributed by atoms with van der Waals surface area (Å²) < 4.78 is 14.4. The van der Waals surface area contributed by atoms with Gasteiger partial charge in [0.2, 0.25) is 0 Å². The van der Waals surface area contributed by atoms with E-state index in [0.717, 1.165) is 5.56 Å². The number of allylic oxidation sites excluding steroid dienone is 3. The largest absolute Gasteiger partial charge is 0.512 e. The van der Waals surface area contributed by atoms with Gasteiger partial charge in [0, 0.05) is 0 Å². The van der Waals surface area contributed by atoms with Gasteiger partial charge in [-0.05, 0) is 49.1 Å². The highest BCUT2D eigenvalue weighted by molar-refractivity contribution is 7.50. The van der Waals surface area contributed by atoms with Crippen molar-refractivity contribution in [2.45, 2.75) is 25.4 Å². The van der Waals surface area contributed by atoms with Gasteiger partial charge in [-0.25, -0.2) is 4.57 Å². The number of hydrogen-bond acceptors (Lipinski definition) is 4. The molecule has 0 fully saturated rings. The van der Waals surface area contributed by atoms with Gasteiger partial charge in [-0.3, -0.25) is 0 Å². The highest BCUT2D eigenvalue weighted by Gasteiger charge is 2.30. The van der Waals surface area contributed by atoms with Crippen molar-refractivity contribution in [2.75, 3.05) is 0 Å². The molecule has 0 amide bonds. The number of nitrogens with zero attached hydrogens (tertiary/aromatic N) is 1. The zero-order valence-corrected chi connectivity index (χ0v) is 13.8. The van der Waals surface area contributed by atoms with Crippen molar-refractivity contribution < 1.29 is 29.7 Å². The van der Waals surface area contributed by atoms with E-state index in [1.807, 2.05) is 6.07 Å². The van der Waals surface area contributed by atoms with E-state index in [1.165, 1.54) is 18.2 Å². The van der Waals surface area contributed by atoms with Crippen LogP contribution in [0.4, 0.5) is 0 Å². The highest BCUT2D eigenvalue weighted by atomic mass is 31.2. The summed E-state index contributed by atoms with van der Waals surface area (Å²) >= 11 is 0. The van der Waals surface area contributed by atoms with Gasteiger partial charge in [0.1, 0.15) is 11.5 Å². The molecule has 0 spiro atoms. The molecule has 2 atom stereocenters. The van der Waals surface area contributed by atoms with Gasteiger partial charge in [-0.2, -0.15) is 4.76 Å². The molecule has 0 bridgehead atoms. The highest BCUT2D eigenvalue weighted by Crippen LogP contribution is 2.39. The Balaban J connectivity index is 2.02. The summed E-state index contributed by atoms with van der Waals surface area (Å²) in [4.78, 5) is 18.0. The minimum atomic E-state index is -4.66. The zero-order valence-electron chi connectivity index (χ0n) is 12.9. The minimum Gasteiger partial charge on any atom is -0.512 e. The van der Waals surface area contributed by atoms with Gasteiger partial charge in [-0.1, -0.05) is 18.2 Å². The van der Waals surface area contributed by atoms with Gasteiger partial charge in [0.15, 0.2) is 0 Å². The summed E-state index contributed by atoms with van der Waals surface area (Å²) in [5, 5.41) is 29.7. The number of phenols is 1. The quantitative estimate of drug-likeness (QED) is 0.499. The summed E-state index contributed by atoms with van der Waals surface area (Å²) in [5.74, 6) is -0.983. The summed E-state index contributed by atoms with van der Waals surface area (Å²) in [6, 6.07) is 6.79. The molecule has 24 heavy (non-hydrogen) atoms. The van der Waals surface area contributed by atoms with E-state index in [4.69, 9.17) is 9.79 Å². The first kappa shape index (κ1) is 18.4. The lowest BCUT2D eigenvalue weighted by Crippen LogP contribution is -2.30. The van der Waals surface area contributed by atoms with Crippen LogP contribution in [0.3, 0.4) is 0 Å². The Labute approximate surface area is 139 Å². The van der Waals surface area contributed by atoms with Crippen LogP contribution in [0, 0.1) is 5.92 Å². The second-order valence-electron chi connectivity index (χ2n) is 5.60. The van der Waals surface area contributed by atoms with Gasteiger partial charge in [0.05, 0.1) is 17.7 Å². The number of aromatic hydroxyl groups is 1. The molecule has 1 aliphatic rings. The van der Waals surface area contributed by atoms with Crippen LogP contribution in [-0.2, 0) is 11.0 Å². The Bertz CT molecular complexity index is 721. The van der Waals surface area contributed by atoms with Crippen molar-refractivity contribution in [2.24, 2.45) is 10.7 Å². The molecule has 0 aromatic heterocycles. The van der Waals surface area contributed by atoms with Gasteiger partial charge in [-0.15, -0.1) is 0 Å². The van der Waals surface area contributed by atoms with Crippen molar-refractivity contribution in [3.05, 3.63) is 53.8 Å². The number of hydrogen-bond donors (Lipinski definition) is 5. The second kappa shape index (κ2) is 7.77. The molecule has 0 radical (unpaired) electrons. The smallest absolute Gasteiger partial charge is 0.448 e. The van der Waals surface area contributed by atoms with Crippen LogP contribution < -0.4 is 0 Å². The fraction of sp³-hybridized carbons (Fsp3) is 0.312. The number of aliphatic hydroxyl groups excluding tert-OH is 2. The lowest BCUT2D eigenvalue weighted by molar-refractivity contribution is 0.120. The molecule has 1 aromatic rings. The molecule has 1 aromatic carbocycles. The summed E-state index contributed by atoms with van der Waals surface area (Å²) in [6.45, 7) is 0. The predicted molar refractivity (Wildman–Crippen MR) is 89.9 cm³/mol. The monoisotopic (exact) mass is 353 g/mol. The van der Waals surface area contributed by atoms with E-state index in [-0.39, 0.29) is 17.2 Å². The second-order valence-corrected chi connectivity index (χ2v) is 6.82. The Morgan fingerprint density at radius 1 is 1.25 bits per heavy atom. The number of rotatable bonds is 6. The van der Waals surface area contributed by atoms with E-state index in [0.29, 0.717) is 19.3 Å². The van der Waals surface area contributed by atoms with Crippen molar-refractivity contribution >= 4 is 13.5 Å². The van der Waals surface area contributed by atoms with Crippen molar-refractivity contribution in [1.29, 1.82) is 0 Å². The maximum atomic E-state index is 11.1. The Morgan fingerprint density at radius 3 is 2.67 bits per heavy atom. The van der Waals surface area contributed by atoms with Crippen molar-refractivity contribution in [1.82, 2.24) is 0 Å². The first-order chi connectivity index (χ1) is 11.3. The van der Waals surface area contributed by atoms with E-state index in [2.05, 4.69) is 4.76 Å². The van der Waals surface area contributed by atoms with Gasteiger partial charge < -0.3 is 25.1 Å². The van der Waals surface area contributed by atoms with Crippen LogP contribution >= 0.6 is 7.75 Å². The number of phenolic OH excluding ortho intramolecular Hbond substituents is 1. The van der Waals surface area contributed by atoms with E-state index >= 15 is 0 Å². The summed E-state index contributed by atoms with van der Waals surface area (Å²) in [5.41, 5.74) is 0.864. The molecule has 7 nitrogen and oxygen atoms in total. The summed E-state index contributed by atoms with van der Waals surface area (Å²) in [6.07, 6.45) is 4.59. The maximum Gasteiger partial charge on any atom is 0.448 e. The van der Waals surface area contributed by atoms with Crippen LogP contribution in [0.15, 0.2) is 53.0 Å². The maximum absolute atomic E-state index is 11.1. The molecule has 0 heterocycles. The van der Waals surface area contributed by atoms with Crippen molar-refractivity contribution in [3.8, 4) is 5.75 Å². The van der Waals surface area contributed by atoms with Gasteiger partial charge in [0.25, 0.3) is 0 Å². The van der Waals surface area contributed by atoms with E-state index in [1.54, 1.807) is 18.2 Å². The number of aliphatic hydroxyl groups is 2. The number of aryl methyl sites for hydroxylation is 1. The lowest BCUT2D eigenvalue weighted by atomic mass is 9.88. The van der Waals surface area contributed by atoms with Crippen LogP contribution in [0.25, 0.3) is 0 Å². The predicted octanol–water partition coefficient (Wildman–Crippen LogP) is 2.24. The molecule has 2 unspecified atom stereocenters. The topological polar surface area (TPSA) is 131 Å².